The van der Waals surface area contributed by atoms with E-state index in [1.165, 1.54) is 5.54 Å². The Morgan fingerprint density at radius 2 is 2.30 bits per heavy atom. The third-order valence-electron chi connectivity index (χ3n) is 1.05. The lowest BCUT2D eigenvalue weighted by Gasteiger charge is -1.93. The minimum Gasteiger partial charge on any atom is -0.396 e. The summed E-state index contributed by atoms with van der Waals surface area (Å²) in [5.74, 6) is 0. The van der Waals surface area contributed by atoms with E-state index >= 15 is 0 Å². The quantitative estimate of drug-likeness (QED) is 0.623. The molecule has 0 fully saturated rings. The van der Waals surface area contributed by atoms with Gasteiger partial charge in [0.05, 0.1) is 0 Å². The van der Waals surface area contributed by atoms with Crippen LogP contribution in [0, 0.1) is 0 Å². The number of allylic oxidation sites excluding steroid dienone is 3. The van der Waals surface area contributed by atoms with Crippen LogP contribution >= 0.6 is 11.6 Å². The van der Waals surface area contributed by atoms with Gasteiger partial charge in [0.2, 0.25) is 0 Å². The van der Waals surface area contributed by atoms with Crippen LogP contribution in [0.1, 0.15) is 6.42 Å². The molecule has 0 heterocycles. The molecule has 0 bridgehead atoms. The first-order chi connectivity index (χ1) is 4.85. The first-order valence-corrected chi connectivity index (χ1v) is 3.48. The number of halogens is 1. The van der Waals surface area contributed by atoms with Gasteiger partial charge in [-0.3, -0.25) is 0 Å². The standard InChI is InChI=1S/C8H11ClO/c1-2-8(5-7-10)4-3-6-9/h2-4,6,10H,1,5,7H2/b6-3+,8-4+. The van der Waals surface area contributed by atoms with Gasteiger partial charge in [0.25, 0.3) is 0 Å². The summed E-state index contributed by atoms with van der Waals surface area (Å²) in [7, 11) is 0. The van der Waals surface area contributed by atoms with Crippen LogP contribution in [0.2, 0.25) is 0 Å². The maximum Gasteiger partial charge on any atom is 0.0471 e. The van der Waals surface area contributed by atoms with Gasteiger partial charge in [-0.25, -0.2) is 0 Å². The molecule has 0 saturated heterocycles. The average Bonchev–Trinajstić information content (AvgIpc) is 1.98. The molecule has 0 aliphatic rings. The minimum absolute atomic E-state index is 0.147. The van der Waals surface area contributed by atoms with Crippen molar-refractivity contribution >= 4 is 11.6 Å². The van der Waals surface area contributed by atoms with E-state index in [2.05, 4.69) is 6.58 Å². The predicted octanol–water partition coefficient (Wildman–Crippen LogP) is 2.23. The molecule has 0 atom stereocenters. The smallest absolute Gasteiger partial charge is 0.0471 e. The van der Waals surface area contributed by atoms with Crippen molar-refractivity contribution in [3.63, 3.8) is 0 Å². The third-order valence-corrected chi connectivity index (χ3v) is 1.19. The van der Waals surface area contributed by atoms with Crippen LogP contribution in [0.3, 0.4) is 0 Å². The number of hydrogen-bond donors (Lipinski definition) is 1. The summed E-state index contributed by atoms with van der Waals surface area (Å²) in [4.78, 5) is 0. The molecule has 10 heavy (non-hydrogen) atoms. The fraction of sp³-hybridized carbons (Fsp3) is 0.250. The molecule has 0 amide bonds. The van der Waals surface area contributed by atoms with Gasteiger partial charge in [-0.05, 0) is 12.0 Å². The van der Waals surface area contributed by atoms with E-state index in [0.29, 0.717) is 6.42 Å². The van der Waals surface area contributed by atoms with Crippen molar-refractivity contribution in [1.29, 1.82) is 0 Å². The van der Waals surface area contributed by atoms with Crippen LogP contribution in [0.15, 0.2) is 35.9 Å². The van der Waals surface area contributed by atoms with Crippen LogP contribution in [-0.4, -0.2) is 11.7 Å². The van der Waals surface area contributed by atoms with Gasteiger partial charge < -0.3 is 5.11 Å². The molecule has 0 aliphatic heterocycles. The lowest BCUT2D eigenvalue weighted by Crippen LogP contribution is -1.83. The van der Waals surface area contributed by atoms with E-state index in [-0.39, 0.29) is 6.61 Å². The van der Waals surface area contributed by atoms with Crippen molar-refractivity contribution in [1.82, 2.24) is 0 Å². The predicted molar refractivity (Wildman–Crippen MR) is 45.0 cm³/mol. The summed E-state index contributed by atoms with van der Waals surface area (Å²) in [6.45, 7) is 3.72. The fourth-order valence-electron chi connectivity index (χ4n) is 0.543. The molecule has 0 aliphatic carbocycles. The van der Waals surface area contributed by atoms with E-state index in [1.807, 2.05) is 6.08 Å². The van der Waals surface area contributed by atoms with Crippen LogP contribution in [-0.2, 0) is 0 Å². The molecule has 1 N–H and O–H groups in total. The second-order valence-corrected chi connectivity index (χ2v) is 1.99. The molecular formula is C8H11ClO. The highest BCUT2D eigenvalue weighted by Crippen LogP contribution is 2.01. The Morgan fingerprint density at radius 3 is 2.70 bits per heavy atom. The van der Waals surface area contributed by atoms with Crippen molar-refractivity contribution in [2.75, 3.05) is 6.61 Å². The SMILES string of the molecule is C=C/C(=C\C=C\Cl)CCO. The summed E-state index contributed by atoms with van der Waals surface area (Å²) in [6, 6.07) is 0. The summed E-state index contributed by atoms with van der Waals surface area (Å²) in [5.41, 5.74) is 2.40. The Hall–Kier alpha value is -0.530. The Balaban J connectivity index is 3.90. The summed E-state index contributed by atoms with van der Waals surface area (Å²) in [6.07, 6.45) is 5.85. The number of rotatable bonds is 4. The topological polar surface area (TPSA) is 20.2 Å². The molecule has 0 unspecified atom stereocenters. The van der Waals surface area contributed by atoms with Gasteiger partial charge in [0.15, 0.2) is 0 Å². The van der Waals surface area contributed by atoms with Crippen molar-refractivity contribution in [3.05, 3.63) is 35.9 Å². The number of aliphatic hydroxyl groups is 1. The molecule has 0 saturated carbocycles. The van der Waals surface area contributed by atoms with Gasteiger partial charge in [0.1, 0.15) is 0 Å². The first-order valence-electron chi connectivity index (χ1n) is 3.04. The van der Waals surface area contributed by atoms with Crippen molar-refractivity contribution < 1.29 is 5.11 Å². The molecule has 56 valence electrons. The molecular weight excluding hydrogens is 148 g/mol. The second kappa shape index (κ2) is 6.59. The average molecular weight is 159 g/mol. The zero-order valence-electron chi connectivity index (χ0n) is 5.76. The Labute approximate surface area is 66.3 Å². The molecule has 2 heteroatoms. The molecule has 0 radical (unpaired) electrons. The second-order valence-electron chi connectivity index (χ2n) is 1.74. The van der Waals surface area contributed by atoms with Gasteiger partial charge in [-0.15, -0.1) is 0 Å². The van der Waals surface area contributed by atoms with Gasteiger partial charge in [-0.1, -0.05) is 36.4 Å². The maximum absolute atomic E-state index is 8.52. The number of aliphatic hydroxyl groups excluding tert-OH is 1. The number of hydrogen-bond acceptors (Lipinski definition) is 1. The Kier molecular flexibility index (Phi) is 6.24. The lowest BCUT2D eigenvalue weighted by molar-refractivity contribution is 0.300. The Bertz CT molecular complexity index is 147. The van der Waals surface area contributed by atoms with Gasteiger partial charge in [0, 0.05) is 12.1 Å². The van der Waals surface area contributed by atoms with Crippen LogP contribution in [0.25, 0.3) is 0 Å². The van der Waals surface area contributed by atoms with Crippen LogP contribution in [0.4, 0.5) is 0 Å². The van der Waals surface area contributed by atoms with Gasteiger partial charge >= 0.3 is 0 Å². The lowest BCUT2D eigenvalue weighted by atomic mass is 10.2. The summed E-state index contributed by atoms with van der Waals surface area (Å²) < 4.78 is 0. The van der Waals surface area contributed by atoms with E-state index in [1.54, 1.807) is 12.2 Å². The first kappa shape index (κ1) is 9.47. The normalized spacial score (nSPS) is 12.4. The molecule has 0 aromatic rings. The maximum atomic E-state index is 8.52. The molecule has 1 nitrogen and oxygen atoms in total. The van der Waals surface area contributed by atoms with Crippen LogP contribution < -0.4 is 0 Å². The molecule has 0 aromatic heterocycles. The fourth-order valence-corrected chi connectivity index (χ4v) is 0.615. The molecule has 0 rings (SSSR count). The monoisotopic (exact) mass is 158 g/mol. The van der Waals surface area contributed by atoms with Crippen LogP contribution in [0.5, 0.6) is 0 Å². The largest absolute Gasteiger partial charge is 0.396 e. The van der Waals surface area contributed by atoms with E-state index in [9.17, 15) is 0 Å². The van der Waals surface area contributed by atoms with E-state index < -0.39 is 0 Å². The van der Waals surface area contributed by atoms with Gasteiger partial charge in [-0.2, -0.15) is 0 Å². The third kappa shape index (κ3) is 4.36. The summed E-state index contributed by atoms with van der Waals surface area (Å²) in [5, 5.41) is 8.52. The zero-order chi connectivity index (χ0) is 7.82. The van der Waals surface area contributed by atoms with Crippen molar-refractivity contribution in [2.24, 2.45) is 0 Å². The van der Waals surface area contributed by atoms with E-state index in [0.717, 1.165) is 5.57 Å². The van der Waals surface area contributed by atoms with Crippen molar-refractivity contribution in [3.8, 4) is 0 Å². The molecule has 0 aromatic carbocycles. The highest BCUT2D eigenvalue weighted by atomic mass is 35.5. The molecule has 0 spiro atoms. The highest BCUT2D eigenvalue weighted by Gasteiger charge is 1.85. The highest BCUT2D eigenvalue weighted by molar-refractivity contribution is 6.25. The Morgan fingerprint density at radius 1 is 1.60 bits per heavy atom. The zero-order valence-corrected chi connectivity index (χ0v) is 6.51. The van der Waals surface area contributed by atoms with Crippen molar-refractivity contribution in [2.45, 2.75) is 6.42 Å². The van der Waals surface area contributed by atoms with E-state index in [4.69, 9.17) is 16.7 Å². The minimum atomic E-state index is 0.147. The summed E-state index contributed by atoms with van der Waals surface area (Å²) >= 11 is 5.28.